The van der Waals surface area contributed by atoms with Gasteiger partial charge in [-0.25, -0.2) is 4.79 Å². The summed E-state index contributed by atoms with van der Waals surface area (Å²) >= 11 is 5.82. The number of hydrogen-bond donors (Lipinski definition) is 0. The summed E-state index contributed by atoms with van der Waals surface area (Å²) in [4.78, 5) is 16.2. The monoisotopic (exact) mass is 287 g/mol. The summed E-state index contributed by atoms with van der Waals surface area (Å²) in [5, 5.41) is 0.662. The van der Waals surface area contributed by atoms with Gasteiger partial charge in [0.25, 0.3) is 0 Å². The highest BCUT2D eigenvalue weighted by Crippen LogP contribution is 2.19. The van der Waals surface area contributed by atoms with Crippen LogP contribution in [0.1, 0.15) is 17.2 Å². The predicted octanol–water partition coefficient (Wildman–Crippen LogP) is 3.67. The molecule has 0 saturated heterocycles. The molecule has 0 radical (unpaired) electrons. The van der Waals surface area contributed by atoms with Crippen molar-refractivity contribution in [2.45, 2.75) is 6.04 Å². The molecule has 0 aromatic heterocycles. The predicted molar refractivity (Wildman–Crippen MR) is 80.2 cm³/mol. The van der Waals surface area contributed by atoms with E-state index in [4.69, 9.17) is 16.3 Å². The lowest BCUT2D eigenvalue weighted by molar-refractivity contribution is -0.142. The number of esters is 1. The van der Waals surface area contributed by atoms with Gasteiger partial charge in [0, 0.05) is 11.2 Å². The van der Waals surface area contributed by atoms with Crippen LogP contribution in [0.5, 0.6) is 0 Å². The summed E-state index contributed by atoms with van der Waals surface area (Å²) in [6.45, 7) is 0. The van der Waals surface area contributed by atoms with Crippen LogP contribution in [0.25, 0.3) is 0 Å². The van der Waals surface area contributed by atoms with Gasteiger partial charge in [-0.15, -0.1) is 0 Å². The minimum atomic E-state index is -0.656. The molecule has 0 bridgehead atoms. The Morgan fingerprint density at radius 2 is 1.80 bits per heavy atom. The second kappa shape index (κ2) is 6.87. The van der Waals surface area contributed by atoms with Crippen LogP contribution >= 0.6 is 11.6 Å². The van der Waals surface area contributed by atoms with Gasteiger partial charge in [-0.3, -0.25) is 4.99 Å². The molecule has 0 aliphatic carbocycles. The van der Waals surface area contributed by atoms with Crippen molar-refractivity contribution >= 4 is 23.8 Å². The Labute approximate surface area is 122 Å². The molecule has 102 valence electrons. The number of methoxy groups -OCH3 is 1. The number of halogens is 1. The summed E-state index contributed by atoms with van der Waals surface area (Å²) in [5.74, 6) is -0.388. The number of nitrogens with zero attached hydrogens (tertiary/aromatic N) is 1. The van der Waals surface area contributed by atoms with Crippen LogP contribution < -0.4 is 0 Å². The van der Waals surface area contributed by atoms with Crippen molar-refractivity contribution in [1.29, 1.82) is 0 Å². The minimum Gasteiger partial charge on any atom is -0.467 e. The Kier molecular flexibility index (Phi) is 4.91. The first kappa shape index (κ1) is 14.3. The Bertz CT molecular complexity index is 594. The van der Waals surface area contributed by atoms with Gasteiger partial charge in [0.2, 0.25) is 0 Å². The molecule has 2 aromatic carbocycles. The molecule has 0 aliphatic heterocycles. The van der Waals surface area contributed by atoms with E-state index in [0.29, 0.717) is 5.02 Å². The van der Waals surface area contributed by atoms with Crippen LogP contribution in [0.2, 0.25) is 5.02 Å². The van der Waals surface area contributed by atoms with Gasteiger partial charge in [-0.05, 0) is 23.3 Å². The third kappa shape index (κ3) is 3.68. The van der Waals surface area contributed by atoms with Crippen LogP contribution in [-0.2, 0) is 9.53 Å². The fourth-order valence-corrected chi connectivity index (χ4v) is 1.87. The lowest BCUT2D eigenvalue weighted by Crippen LogP contribution is -2.12. The van der Waals surface area contributed by atoms with Crippen molar-refractivity contribution in [3.63, 3.8) is 0 Å². The average molecular weight is 288 g/mol. The molecule has 0 N–H and O–H groups in total. The molecular formula is C16H14ClNO2. The molecular weight excluding hydrogens is 274 g/mol. The van der Waals surface area contributed by atoms with E-state index in [9.17, 15) is 4.79 Å². The first-order valence-electron chi connectivity index (χ1n) is 6.12. The molecule has 2 aromatic rings. The first-order chi connectivity index (χ1) is 9.70. The van der Waals surface area contributed by atoms with Crippen molar-refractivity contribution in [2.24, 2.45) is 4.99 Å². The highest BCUT2D eigenvalue weighted by atomic mass is 35.5. The number of ether oxygens (including phenoxy) is 1. The van der Waals surface area contributed by atoms with E-state index in [1.165, 1.54) is 7.11 Å². The van der Waals surface area contributed by atoms with E-state index in [0.717, 1.165) is 11.1 Å². The van der Waals surface area contributed by atoms with Gasteiger partial charge < -0.3 is 4.74 Å². The molecule has 3 nitrogen and oxygen atoms in total. The zero-order valence-electron chi connectivity index (χ0n) is 11.0. The molecule has 0 aliphatic rings. The summed E-state index contributed by atoms with van der Waals surface area (Å²) in [6.07, 6.45) is 1.64. The number of carbonyl (C=O) groups excluding carboxylic acids is 1. The summed E-state index contributed by atoms with van der Waals surface area (Å²) < 4.78 is 4.80. The van der Waals surface area contributed by atoms with Crippen molar-refractivity contribution in [2.75, 3.05) is 7.11 Å². The molecule has 0 saturated carbocycles. The Morgan fingerprint density at radius 1 is 1.15 bits per heavy atom. The topological polar surface area (TPSA) is 38.7 Å². The molecule has 0 spiro atoms. The van der Waals surface area contributed by atoms with Gasteiger partial charge in [0.05, 0.1) is 7.11 Å². The Hall–Kier alpha value is -2.13. The Balaban J connectivity index is 2.24. The molecule has 1 unspecified atom stereocenters. The van der Waals surface area contributed by atoms with E-state index < -0.39 is 6.04 Å². The van der Waals surface area contributed by atoms with Gasteiger partial charge in [0.15, 0.2) is 6.04 Å². The molecule has 0 fully saturated rings. The smallest absolute Gasteiger partial charge is 0.335 e. The zero-order chi connectivity index (χ0) is 14.4. The molecule has 1 atom stereocenters. The standard InChI is InChI=1S/C16H14ClNO2/c1-20-16(19)15(13-5-3-2-4-6-13)18-11-12-7-9-14(17)10-8-12/h2-11,15H,1H3/b18-11-. The maximum atomic E-state index is 11.8. The lowest BCUT2D eigenvalue weighted by Gasteiger charge is -2.10. The van der Waals surface area contributed by atoms with Crippen LogP contribution in [0.15, 0.2) is 59.6 Å². The largest absolute Gasteiger partial charge is 0.467 e. The average Bonchev–Trinajstić information content (AvgIpc) is 2.50. The SMILES string of the molecule is COC(=O)C(/N=C\c1ccc(Cl)cc1)c1ccccc1. The fraction of sp³-hybridized carbons (Fsp3) is 0.125. The molecule has 2 rings (SSSR count). The van der Waals surface area contributed by atoms with Crippen LogP contribution in [0.4, 0.5) is 0 Å². The zero-order valence-corrected chi connectivity index (χ0v) is 11.7. The highest BCUT2D eigenvalue weighted by Gasteiger charge is 2.19. The fourth-order valence-electron chi connectivity index (χ4n) is 1.74. The summed E-state index contributed by atoms with van der Waals surface area (Å²) in [7, 11) is 1.36. The second-order valence-corrected chi connectivity index (χ2v) is 4.60. The molecule has 4 heteroatoms. The van der Waals surface area contributed by atoms with Crippen LogP contribution in [0.3, 0.4) is 0 Å². The second-order valence-electron chi connectivity index (χ2n) is 4.17. The van der Waals surface area contributed by atoms with Gasteiger partial charge in [-0.2, -0.15) is 0 Å². The van der Waals surface area contributed by atoms with Gasteiger partial charge >= 0.3 is 5.97 Å². The third-order valence-electron chi connectivity index (χ3n) is 2.78. The molecule has 20 heavy (non-hydrogen) atoms. The van der Waals surface area contributed by atoms with Crippen molar-refractivity contribution in [3.8, 4) is 0 Å². The van der Waals surface area contributed by atoms with Crippen LogP contribution in [-0.4, -0.2) is 19.3 Å². The number of hydrogen-bond acceptors (Lipinski definition) is 3. The number of carbonyl (C=O) groups is 1. The first-order valence-corrected chi connectivity index (χ1v) is 6.50. The Morgan fingerprint density at radius 3 is 2.40 bits per heavy atom. The van der Waals surface area contributed by atoms with E-state index in [1.807, 2.05) is 42.5 Å². The number of benzene rings is 2. The maximum Gasteiger partial charge on any atom is 0.335 e. The molecule has 0 amide bonds. The minimum absolute atomic E-state index is 0.388. The number of aliphatic imine (C=N–C) groups is 1. The normalized spacial score (nSPS) is 12.3. The number of rotatable bonds is 4. The van der Waals surface area contributed by atoms with Gasteiger partial charge in [-0.1, -0.05) is 54.1 Å². The van der Waals surface area contributed by atoms with E-state index in [-0.39, 0.29) is 5.97 Å². The lowest BCUT2D eigenvalue weighted by atomic mass is 10.1. The molecule has 0 heterocycles. The van der Waals surface area contributed by atoms with E-state index in [2.05, 4.69) is 4.99 Å². The summed E-state index contributed by atoms with van der Waals surface area (Å²) in [5.41, 5.74) is 1.67. The van der Waals surface area contributed by atoms with E-state index >= 15 is 0 Å². The highest BCUT2D eigenvalue weighted by molar-refractivity contribution is 6.30. The van der Waals surface area contributed by atoms with Crippen molar-refractivity contribution in [3.05, 3.63) is 70.7 Å². The van der Waals surface area contributed by atoms with Crippen molar-refractivity contribution in [1.82, 2.24) is 0 Å². The van der Waals surface area contributed by atoms with Crippen LogP contribution in [0, 0.1) is 0 Å². The summed E-state index contributed by atoms with van der Waals surface area (Å²) in [6, 6.07) is 15.9. The van der Waals surface area contributed by atoms with Crippen molar-refractivity contribution < 1.29 is 9.53 Å². The quantitative estimate of drug-likeness (QED) is 0.636. The van der Waals surface area contributed by atoms with E-state index in [1.54, 1.807) is 18.3 Å². The maximum absolute atomic E-state index is 11.8. The van der Waals surface area contributed by atoms with Gasteiger partial charge in [0.1, 0.15) is 0 Å². The third-order valence-corrected chi connectivity index (χ3v) is 3.03.